The van der Waals surface area contributed by atoms with E-state index < -0.39 is 21.6 Å². The number of nitrogens with zero attached hydrogens (tertiary/aromatic N) is 3. The Hall–Kier alpha value is -2.05. The molecule has 0 aliphatic carbocycles. The summed E-state index contributed by atoms with van der Waals surface area (Å²) >= 11 is 9.32. The average molecular weight is 434 g/mol. The van der Waals surface area contributed by atoms with Crippen molar-refractivity contribution in [3.8, 4) is 17.6 Å². The molecule has 0 aromatic heterocycles. The molecule has 3 aliphatic rings. The normalized spacial score (nSPS) is 36.1. The summed E-state index contributed by atoms with van der Waals surface area (Å²) in [5.74, 6) is 0.578. The summed E-state index contributed by atoms with van der Waals surface area (Å²) in [5.41, 5.74) is -0.317. The average Bonchev–Trinajstić information content (AvgIpc) is 3.25. The maximum Gasteiger partial charge on any atom is 0.258 e. The predicted octanol–water partition coefficient (Wildman–Crippen LogP) is 2.39. The number of hydrogen-bond donors (Lipinski definition) is 2. The van der Waals surface area contributed by atoms with Gasteiger partial charge in [-0.15, -0.1) is 12.6 Å². The van der Waals surface area contributed by atoms with Crippen molar-refractivity contribution >= 4 is 37.1 Å². The Balaban J connectivity index is 1.90. The molecule has 1 aromatic carbocycles. The monoisotopic (exact) mass is 433 g/mol. The second kappa shape index (κ2) is 6.74. The van der Waals surface area contributed by atoms with Crippen molar-refractivity contribution < 1.29 is 19.1 Å². The Morgan fingerprint density at radius 1 is 1.31 bits per heavy atom. The van der Waals surface area contributed by atoms with Gasteiger partial charge in [-0.25, -0.2) is 0 Å². The van der Waals surface area contributed by atoms with Crippen molar-refractivity contribution in [2.75, 3.05) is 13.8 Å². The van der Waals surface area contributed by atoms with Gasteiger partial charge in [0, 0.05) is 13.5 Å². The number of nitriles is 1. The fourth-order valence-electron chi connectivity index (χ4n) is 4.83. The van der Waals surface area contributed by atoms with Crippen molar-refractivity contribution in [2.24, 2.45) is 5.41 Å². The summed E-state index contributed by atoms with van der Waals surface area (Å²) in [6, 6.07) is 6.67. The van der Waals surface area contributed by atoms with E-state index in [1.54, 1.807) is 31.0 Å². The third-order valence-electron chi connectivity index (χ3n) is 6.28. The standard InChI is InChI=1S/C20H23N3O4S2/c1-4-12-15(28)17(24)23-16(11-5-6-13-14(7-11)27-10-26-13)19(2,9-21)8-20(23,29)18(25)22(12)3/h5-7,12,15-16,28-29H,4,8,10H2,1-3H3. The lowest BCUT2D eigenvalue weighted by Gasteiger charge is -2.36. The summed E-state index contributed by atoms with van der Waals surface area (Å²) in [5, 5.41) is 9.35. The molecule has 4 rings (SSSR count). The molecule has 154 valence electrons. The summed E-state index contributed by atoms with van der Waals surface area (Å²) in [4.78, 5) is 28.6. The minimum atomic E-state index is -1.43. The van der Waals surface area contributed by atoms with E-state index in [4.69, 9.17) is 22.1 Å². The third-order valence-corrected chi connectivity index (χ3v) is 7.41. The first-order chi connectivity index (χ1) is 13.7. The van der Waals surface area contributed by atoms with Crippen LogP contribution < -0.4 is 9.47 Å². The minimum Gasteiger partial charge on any atom is -0.454 e. The first-order valence-corrected chi connectivity index (χ1v) is 10.5. The summed E-state index contributed by atoms with van der Waals surface area (Å²) < 4.78 is 10.9. The first kappa shape index (κ1) is 20.2. The lowest BCUT2D eigenvalue weighted by atomic mass is 9.79. The largest absolute Gasteiger partial charge is 0.454 e. The number of hydrogen-bond acceptors (Lipinski definition) is 7. The Morgan fingerprint density at radius 2 is 2.00 bits per heavy atom. The molecule has 9 heteroatoms. The quantitative estimate of drug-likeness (QED) is 0.700. The Labute approximate surface area is 180 Å². The zero-order valence-electron chi connectivity index (χ0n) is 16.5. The molecular weight excluding hydrogens is 410 g/mol. The van der Waals surface area contributed by atoms with Gasteiger partial charge in [0.2, 0.25) is 12.7 Å². The van der Waals surface area contributed by atoms with Crippen LogP contribution in [0, 0.1) is 16.7 Å². The van der Waals surface area contributed by atoms with Crippen molar-refractivity contribution in [1.82, 2.24) is 9.80 Å². The van der Waals surface area contributed by atoms with Gasteiger partial charge in [-0.3, -0.25) is 9.59 Å². The number of carbonyl (C=O) groups excluding carboxylic acids is 2. The number of carbonyl (C=O) groups is 2. The lowest BCUT2D eigenvalue weighted by Crippen LogP contribution is -2.52. The fourth-order valence-corrected chi connectivity index (χ4v) is 6.07. The van der Waals surface area contributed by atoms with E-state index in [1.165, 1.54) is 4.90 Å². The van der Waals surface area contributed by atoms with Crippen LogP contribution in [0.2, 0.25) is 0 Å². The molecule has 5 atom stereocenters. The minimum absolute atomic E-state index is 0.116. The van der Waals surface area contributed by atoms with Gasteiger partial charge in [0.25, 0.3) is 5.91 Å². The molecule has 0 bridgehead atoms. The van der Waals surface area contributed by atoms with Crippen molar-refractivity contribution in [1.29, 1.82) is 5.26 Å². The molecule has 0 saturated carbocycles. The molecule has 0 N–H and O–H groups in total. The van der Waals surface area contributed by atoms with E-state index in [9.17, 15) is 14.9 Å². The van der Waals surface area contributed by atoms with Crippen LogP contribution in [0.1, 0.15) is 38.3 Å². The van der Waals surface area contributed by atoms with Crippen LogP contribution in [0.5, 0.6) is 11.5 Å². The van der Waals surface area contributed by atoms with Gasteiger partial charge in [-0.1, -0.05) is 13.0 Å². The van der Waals surface area contributed by atoms with E-state index in [1.807, 2.05) is 13.0 Å². The summed E-state index contributed by atoms with van der Waals surface area (Å²) in [7, 11) is 1.67. The second-order valence-electron chi connectivity index (χ2n) is 8.08. The Bertz CT molecular complexity index is 935. The zero-order valence-corrected chi connectivity index (χ0v) is 18.2. The maximum absolute atomic E-state index is 13.6. The van der Waals surface area contributed by atoms with Crippen LogP contribution in [0.15, 0.2) is 18.2 Å². The van der Waals surface area contributed by atoms with Gasteiger partial charge in [-0.05, 0) is 31.0 Å². The van der Waals surface area contributed by atoms with Crippen LogP contribution >= 0.6 is 25.3 Å². The van der Waals surface area contributed by atoms with E-state index in [-0.39, 0.29) is 31.1 Å². The fraction of sp³-hybridized carbons (Fsp3) is 0.550. The van der Waals surface area contributed by atoms with Gasteiger partial charge in [0.1, 0.15) is 5.25 Å². The zero-order chi connectivity index (χ0) is 21.1. The molecule has 29 heavy (non-hydrogen) atoms. The molecule has 0 spiro atoms. The van der Waals surface area contributed by atoms with Crippen molar-refractivity contribution in [3.05, 3.63) is 23.8 Å². The van der Waals surface area contributed by atoms with E-state index in [0.29, 0.717) is 23.5 Å². The van der Waals surface area contributed by atoms with Gasteiger partial charge in [0.05, 0.1) is 23.6 Å². The SMILES string of the molecule is CCC1C(S)C(=O)N2C(c3ccc4c(c3)OCO4)C(C)(C#N)CC2(S)C(=O)N1C. The first-order valence-electron chi connectivity index (χ1n) is 9.49. The van der Waals surface area contributed by atoms with Crippen LogP contribution in [0.25, 0.3) is 0 Å². The molecule has 1 aromatic rings. The number of rotatable bonds is 2. The molecular formula is C20H23N3O4S2. The molecule has 3 heterocycles. The third kappa shape index (κ3) is 2.72. The number of ether oxygens (including phenoxy) is 2. The lowest BCUT2D eigenvalue weighted by molar-refractivity contribution is -0.142. The molecule has 0 radical (unpaired) electrons. The second-order valence-corrected chi connectivity index (χ2v) is 9.38. The highest BCUT2D eigenvalue weighted by Crippen LogP contribution is 2.58. The smallest absolute Gasteiger partial charge is 0.258 e. The van der Waals surface area contributed by atoms with Crippen LogP contribution in [0.3, 0.4) is 0 Å². The van der Waals surface area contributed by atoms with Gasteiger partial charge >= 0.3 is 0 Å². The summed E-state index contributed by atoms with van der Waals surface area (Å²) in [6.07, 6.45) is 0.703. The van der Waals surface area contributed by atoms with Crippen molar-refractivity contribution in [2.45, 2.75) is 48.9 Å². The number of thiol groups is 2. The highest BCUT2D eigenvalue weighted by molar-refractivity contribution is 7.83. The highest BCUT2D eigenvalue weighted by atomic mass is 32.1. The highest BCUT2D eigenvalue weighted by Gasteiger charge is 2.65. The van der Waals surface area contributed by atoms with Crippen LogP contribution in [0.4, 0.5) is 0 Å². The topological polar surface area (TPSA) is 82.9 Å². The van der Waals surface area contributed by atoms with E-state index >= 15 is 0 Å². The molecule has 7 nitrogen and oxygen atoms in total. The number of likely N-dealkylation sites (N-methyl/N-ethyl adjacent to an activating group) is 1. The summed E-state index contributed by atoms with van der Waals surface area (Å²) in [6.45, 7) is 3.81. The molecule has 2 amide bonds. The van der Waals surface area contributed by atoms with Gasteiger partial charge in [-0.2, -0.15) is 17.9 Å². The number of benzene rings is 1. The van der Waals surface area contributed by atoms with Gasteiger partial charge in [0.15, 0.2) is 16.4 Å². The molecule has 3 aliphatic heterocycles. The van der Waals surface area contributed by atoms with E-state index in [0.717, 1.165) is 0 Å². The number of fused-ring (bicyclic) bond motifs is 2. The molecule has 2 saturated heterocycles. The van der Waals surface area contributed by atoms with E-state index in [2.05, 4.69) is 18.7 Å². The Morgan fingerprint density at radius 3 is 2.66 bits per heavy atom. The predicted molar refractivity (Wildman–Crippen MR) is 112 cm³/mol. The van der Waals surface area contributed by atoms with Crippen molar-refractivity contribution in [3.63, 3.8) is 0 Å². The van der Waals surface area contributed by atoms with Gasteiger partial charge < -0.3 is 19.3 Å². The molecule has 2 fully saturated rings. The van der Waals surface area contributed by atoms with Crippen LogP contribution in [-0.4, -0.2) is 51.6 Å². The van der Waals surface area contributed by atoms with Crippen LogP contribution in [-0.2, 0) is 9.59 Å². The molecule has 5 unspecified atom stereocenters. The Kier molecular flexibility index (Phi) is 4.70. The maximum atomic E-state index is 13.6. The number of amides is 2.